The lowest BCUT2D eigenvalue weighted by Gasteiger charge is -2.26. The molecule has 0 amide bonds. The van der Waals surface area contributed by atoms with E-state index in [0.717, 1.165) is 50.7 Å². The molecule has 0 radical (unpaired) electrons. The predicted molar refractivity (Wildman–Crippen MR) is 257 cm³/mol. The van der Waals surface area contributed by atoms with E-state index in [2.05, 4.69) is 223 Å². The largest absolute Gasteiger partial charge is 0.310 e. The minimum absolute atomic E-state index is 0.967. The Kier molecular flexibility index (Phi) is 9.05. The van der Waals surface area contributed by atoms with Crippen molar-refractivity contribution >= 4 is 49.6 Å². The molecule has 0 aliphatic carbocycles. The third-order valence-electron chi connectivity index (χ3n) is 11.9. The zero-order valence-electron chi connectivity index (χ0n) is 33.8. The molecule has 0 aliphatic rings. The SMILES string of the molecule is Cc1ccc(-c2cccc(-c3cccc4ccccc34)c2-n2c3ccccc3c3ccc(N(c4ccccc4)c4ccc(-c5ccc(-c6ccccc6)nc5)cc4)cc32)cc1. The molecule has 11 aromatic rings. The van der Waals surface area contributed by atoms with Crippen LogP contribution in [0.2, 0.25) is 0 Å². The average molecular weight is 780 g/mol. The topological polar surface area (TPSA) is 21.1 Å². The number of nitrogens with zero attached hydrogens (tertiary/aromatic N) is 3. The van der Waals surface area contributed by atoms with Crippen molar-refractivity contribution in [3.05, 3.63) is 236 Å². The van der Waals surface area contributed by atoms with Crippen LogP contribution in [0.15, 0.2) is 231 Å². The van der Waals surface area contributed by atoms with Gasteiger partial charge in [-0.2, -0.15) is 0 Å². The number of hydrogen-bond donors (Lipinski definition) is 0. The van der Waals surface area contributed by atoms with Gasteiger partial charge in [-0.3, -0.25) is 4.98 Å². The zero-order valence-corrected chi connectivity index (χ0v) is 33.8. The molecule has 2 heterocycles. The first kappa shape index (κ1) is 36.1. The third-order valence-corrected chi connectivity index (χ3v) is 11.9. The van der Waals surface area contributed by atoms with Crippen molar-refractivity contribution in [2.45, 2.75) is 6.92 Å². The van der Waals surface area contributed by atoms with Crippen LogP contribution in [0.25, 0.3) is 82.9 Å². The fourth-order valence-corrected chi connectivity index (χ4v) is 8.94. The van der Waals surface area contributed by atoms with E-state index in [4.69, 9.17) is 4.98 Å². The molecule has 61 heavy (non-hydrogen) atoms. The lowest BCUT2D eigenvalue weighted by atomic mass is 9.92. The number of pyridine rings is 1. The number of rotatable bonds is 8. The fraction of sp³-hybridized carbons (Fsp3) is 0.0172. The Morgan fingerprint density at radius 1 is 0.377 bits per heavy atom. The summed E-state index contributed by atoms with van der Waals surface area (Å²) in [6.07, 6.45) is 1.97. The van der Waals surface area contributed by atoms with Gasteiger partial charge in [-0.05, 0) is 82.9 Å². The quantitative estimate of drug-likeness (QED) is 0.153. The van der Waals surface area contributed by atoms with E-state index in [-0.39, 0.29) is 0 Å². The molecular weight excluding hydrogens is 739 g/mol. The Morgan fingerprint density at radius 3 is 1.75 bits per heavy atom. The number of para-hydroxylation sites is 3. The van der Waals surface area contributed by atoms with Crippen molar-refractivity contribution in [1.82, 2.24) is 9.55 Å². The Bertz CT molecular complexity index is 3320. The van der Waals surface area contributed by atoms with Crippen LogP contribution < -0.4 is 4.90 Å². The smallest absolute Gasteiger partial charge is 0.0702 e. The van der Waals surface area contributed by atoms with Crippen LogP contribution in [0.5, 0.6) is 0 Å². The Hall–Kier alpha value is -8.01. The van der Waals surface area contributed by atoms with E-state index in [0.29, 0.717) is 0 Å². The second kappa shape index (κ2) is 15.3. The number of fused-ring (bicyclic) bond motifs is 4. The number of hydrogen-bond acceptors (Lipinski definition) is 2. The van der Waals surface area contributed by atoms with Crippen LogP contribution in [-0.2, 0) is 0 Å². The number of aromatic nitrogens is 2. The normalized spacial score (nSPS) is 11.4. The Balaban J connectivity index is 1.11. The van der Waals surface area contributed by atoms with Crippen molar-refractivity contribution in [3.8, 4) is 50.3 Å². The molecule has 11 rings (SSSR count). The van der Waals surface area contributed by atoms with Gasteiger partial charge in [0.2, 0.25) is 0 Å². The van der Waals surface area contributed by atoms with Crippen molar-refractivity contribution in [1.29, 1.82) is 0 Å². The van der Waals surface area contributed by atoms with E-state index in [1.165, 1.54) is 54.9 Å². The van der Waals surface area contributed by atoms with Crippen LogP contribution in [0, 0.1) is 6.92 Å². The number of aryl methyl sites for hydroxylation is 1. The van der Waals surface area contributed by atoms with Crippen LogP contribution in [0.4, 0.5) is 17.1 Å². The minimum Gasteiger partial charge on any atom is -0.310 e. The highest BCUT2D eigenvalue weighted by atomic mass is 15.1. The van der Waals surface area contributed by atoms with Crippen LogP contribution in [-0.4, -0.2) is 9.55 Å². The van der Waals surface area contributed by atoms with Crippen molar-refractivity contribution < 1.29 is 0 Å². The van der Waals surface area contributed by atoms with Gasteiger partial charge in [0, 0.05) is 56.3 Å². The van der Waals surface area contributed by atoms with Gasteiger partial charge < -0.3 is 9.47 Å². The molecule has 0 fully saturated rings. The lowest BCUT2D eigenvalue weighted by molar-refractivity contribution is 1.18. The van der Waals surface area contributed by atoms with E-state index < -0.39 is 0 Å². The van der Waals surface area contributed by atoms with E-state index in [1.54, 1.807) is 0 Å². The summed E-state index contributed by atoms with van der Waals surface area (Å²) >= 11 is 0. The molecule has 0 bridgehead atoms. The molecule has 3 nitrogen and oxygen atoms in total. The van der Waals surface area contributed by atoms with Gasteiger partial charge in [0.25, 0.3) is 0 Å². The lowest BCUT2D eigenvalue weighted by Crippen LogP contribution is -2.10. The van der Waals surface area contributed by atoms with Gasteiger partial charge in [-0.15, -0.1) is 0 Å². The Morgan fingerprint density at radius 2 is 0.967 bits per heavy atom. The van der Waals surface area contributed by atoms with E-state index in [1.807, 2.05) is 24.4 Å². The molecule has 9 aromatic carbocycles. The van der Waals surface area contributed by atoms with Gasteiger partial charge in [-0.25, -0.2) is 0 Å². The second-order valence-corrected chi connectivity index (χ2v) is 15.7. The fourth-order valence-electron chi connectivity index (χ4n) is 8.94. The molecule has 0 spiro atoms. The molecule has 2 aromatic heterocycles. The second-order valence-electron chi connectivity index (χ2n) is 15.7. The maximum absolute atomic E-state index is 4.81. The number of anilines is 3. The van der Waals surface area contributed by atoms with E-state index >= 15 is 0 Å². The molecule has 0 atom stereocenters. The maximum atomic E-state index is 4.81. The van der Waals surface area contributed by atoms with Crippen molar-refractivity contribution in [3.63, 3.8) is 0 Å². The first-order valence-electron chi connectivity index (χ1n) is 20.9. The third kappa shape index (κ3) is 6.54. The van der Waals surface area contributed by atoms with Crippen molar-refractivity contribution in [2.75, 3.05) is 4.90 Å². The van der Waals surface area contributed by atoms with Crippen LogP contribution >= 0.6 is 0 Å². The summed E-state index contributed by atoms with van der Waals surface area (Å²) in [6, 6.07) is 81.0. The predicted octanol–water partition coefficient (Wildman–Crippen LogP) is 15.8. The highest BCUT2D eigenvalue weighted by Crippen LogP contribution is 2.45. The summed E-state index contributed by atoms with van der Waals surface area (Å²) in [5.41, 5.74) is 17.0. The highest BCUT2D eigenvalue weighted by molar-refractivity contribution is 6.12. The summed E-state index contributed by atoms with van der Waals surface area (Å²) in [6.45, 7) is 2.15. The van der Waals surface area contributed by atoms with Crippen LogP contribution in [0.1, 0.15) is 5.56 Å². The number of benzene rings is 9. The van der Waals surface area contributed by atoms with Gasteiger partial charge in [0.1, 0.15) is 0 Å². The van der Waals surface area contributed by atoms with E-state index in [9.17, 15) is 0 Å². The highest BCUT2D eigenvalue weighted by Gasteiger charge is 2.22. The monoisotopic (exact) mass is 779 g/mol. The standard InChI is InChI=1S/C58H41N3/c1-40-26-28-43(29-27-40)50-22-13-24-54(51-23-12-17-42-14-8-9-20-49(42)51)58(50)61-56-25-11-10-21-52(56)53-36-35-48(38-57(53)61)60(46-18-6-3-7-19-46)47-33-30-41(31-34-47)45-32-37-55(59-39-45)44-15-4-2-5-16-44/h2-39H,1H3. The summed E-state index contributed by atoms with van der Waals surface area (Å²) in [7, 11) is 0. The average Bonchev–Trinajstić information content (AvgIpc) is 3.65. The van der Waals surface area contributed by atoms with Crippen molar-refractivity contribution in [2.24, 2.45) is 0 Å². The Labute approximate surface area is 356 Å². The first-order valence-corrected chi connectivity index (χ1v) is 20.9. The molecule has 288 valence electrons. The molecule has 0 N–H and O–H groups in total. The van der Waals surface area contributed by atoms with Gasteiger partial charge in [0.05, 0.1) is 22.4 Å². The molecule has 0 aliphatic heterocycles. The first-order chi connectivity index (χ1) is 30.2. The zero-order chi connectivity index (χ0) is 40.7. The summed E-state index contributed by atoms with van der Waals surface area (Å²) in [5, 5.41) is 4.88. The van der Waals surface area contributed by atoms with Gasteiger partial charge in [0.15, 0.2) is 0 Å². The molecular formula is C58H41N3. The van der Waals surface area contributed by atoms with Gasteiger partial charge >= 0.3 is 0 Å². The summed E-state index contributed by atoms with van der Waals surface area (Å²) in [5.74, 6) is 0. The summed E-state index contributed by atoms with van der Waals surface area (Å²) in [4.78, 5) is 7.18. The summed E-state index contributed by atoms with van der Waals surface area (Å²) < 4.78 is 2.51. The molecule has 0 saturated carbocycles. The molecule has 0 saturated heterocycles. The van der Waals surface area contributed by atoms with Crippen LogP contribution in [0.3, 0.4) is 0 Å². The molecule has 0 unspecified atom stereocenters. The molecule has 3 heteroatoms. The van der Waals surface area contributed by atoms with Gasteiger partial charge in [-0.1, -0.05) is 181 Å². The minimum atomic E-state index is 0.967. The maximum Gasteiger partial charge on any atom is 0.0702 e.